The molecule has 4 rings (SSSR count). The van der Waals surface area contributed by atoms with Crippen molar-refractivity contribution in [3.63, 3.8) is 0 Å². The summed E-state index contributed by atoms with van der Waals surface area (Å²) in [5.74, 6) is 1.59. The summed E-state index contributed by atoms with van der Waals surface area (Å²) in [6.45, 7) is 0. The molecule has 0 spiro atoms. The number of hydrogen-bond acceptors (Lipinski definition) is 6. The summed E-state index contributed by atoms with van der Waals surface area (Å²) in [6.07, 6.45) is 3.51. The standard InChI is InChI=1S/C15H17N5OS/c21-12-3-1-11(2-4-12)16-13-5-6-14-17-18-15(20(14)19-13)10-7-8-22-9-10/h5-9,11-12,21H,1-4H2,(H,16,19). The highest BCUT2D eigenvalue weighted by molar-refractivity contribution is 7.08. The van der Waals surface area contributed by atoms with Crippen LogP contribution in [0.2, 0.25) is 0 Å². The van der Waals surface area contributed by atoms with Crippen LogP contribution in [0.25, 0.3) is 17.0 Å². The molecule has 1 saturated carbocycles. The van der Waals surface area contributed by atoms with Crippen LogP contribution in [0.1, 0.15) is 25.7 Å². The molecule has 0 atom stereocenters. The third-order valence-electron chi connectivity index (χ3n) is 4.09. The highest BCUT2D eigenvalue weighted by atomic mass is 32.1. The molecule has 1 aliphatic carbocycles. The van der Waals surface area contributed by atoms with Crippen LogP contribution >= 0.6 is 11.3 Å². The van der Waals surface area contributed by atoms with Crippen LogP contribution in [0.4, 0.5) is 5.82 Å². The van der Waals surface area contributed by atoms with Crippen molar-refractivity contribution < 1.29 is 5.11 Å². The Morgan fingerprint density at radius 3 is 2.77 bits per heavy atom. The van der Waals surface area contributed by atoms with Crippen molar-refractivity contribution in [2.24, 2.45) is 0 Å². The Hall–Kier alpha value is -1.99. The van der Waals surface area contributed by atoms with E-state index in [-0.39, 0.29) is 6.10 Å². The average Bonchev–Trinajstić information content (AvgIpc) is 3.18. The van der Waals surface area contributed by atoms with Gasteiger partial charge in [-0.05, 0) is 49.3 Å². The van der Waals surface area contributed by atoms with Gasteiger partial charge >= 0.3 is 0 Å². The molecule has 0 aromatic carbocycles. The Bertz CT molecular complexity index is 761. The van der Waals surface area contributed by atoms with Crippen LogP contribution in [0.3, 0.4) is 0 Å². The van der Waals surface area contributed by atoms with Crippen molar-refractivity contribution in [3.05, 3.63) is 29.0 Å². The van der Waals surface area contributed by atoms with Gasteiger partial charge in [0.25, 0.3) is 0 Å². The molecule has 1 aliphatic rings. The van der Waals surface area contributed by atoms with Gasteiger partial charge in [-0.2, -0.15) is 15.9 Å². The number of hydrogen-bond donors (Lipinski definition) is 2. The monoisotopic (exact) mass is 315 g/mol. The molecule has 1 fully saturated rings. The van der Waals surface area contributed by atoms with Crippen LogP contribution < -0.4 is 5.32 Å². The van der Waals surface area contributed by atoms with Gasteiger partial charge in [0.15, 0.2) is 11.5 Å². The maximum atomic E-state index is 9.59. The van der Waals surface area contributed by atoms with E-state index < -0.39 is 0 Å². The fraction of sp³-hybridized carbons (Fsp3) is 0.400. The zero-order valence-electron chi connectivity index (χ0n) is 12.0. The molecular weight excluding hydrogens is 298 g/mol. The number of aliphatic hydroxyl groups excluding tert-OH is 1. The quantitative estimate of drug-likeness (QED) is 0.777. The first-order chi connectivity index (χ1) is 10.8. The Labute approximate surface area is 131 Å². The lowest BCUT2D eigenvalue weighted by atomic mass is 9.93. The van der Waals surface area contributed by atoms with E-state index in [1.165, 1.54) is 0 Å². The van der Waals surface area contributed by atoms with Gasteiger partial charge in [-0.25, -0.2) is 0 Å². The first-order valence-corrected chi connectivity index (χ1v) is 8.43. The minimum absolute atomic E-state index is 0.142. The molecule has 0 aliphatic heterocycles. The molecule has 114 valence electrons. The number of nitrogens with one attached hydrogen (secondary N) is 1. The highest BCUT2D eigenvalue weighted by Crippen LogP contribution is 2.23. The van der Waals surface area contributed by atoms with Crippen molar-refractivity contribution >= 4 is 22.8 Å². The third-order valence-corrected chi connectivity index (χ3v) is 4.77. The van der Waals surface area contributed by atoms with Gasteiger partial charge in [-0.1, -0.05) is 0 Å². The van der Waals surface area contributed by atoms with Crippen LogP contribution in [0, 0.1) is 0 Å². The SMILES string of the molecule is OC1CCC(Nc2ccc3nnc(-c4ccsc4)n3n2)CC1. The fourth-order valence-corrected chi connectivity index (χ4v) is 3.50. The number of rotatable bonds is 3. The van der Waals surface area contributed by atoms with E-state index in [0.29, 0.717) is 6.04 Å². The van der Waals surface area contributed by atoms with Gasteiger partial charge in [0.1, 0.15) is 5.82 Å². The molecule has 2 N–H and O–H groups in total. The number of aromatic nitrogens is 4. The lowest BCUT2D eigenvalue weighted by molar-refractivity contribution is 0.126. The number of aliphatic hydroxyl groups is 1. The Morgan fingerprint density at radius 2 is 2.00 bits per heavy atom. The molecule has 0 bridgehead atoms. The first kappa shape index (κ1) is 13.7. The molecule has 0 radical (unpaired) electrons. The topological polar surface area (TPSA) is 75.3 Å². The van der Waals surface area contributed by atoms with Gasteiger partial charge < -0.3 is 10.4 Å². The van der Waals surface area contributed by atoms with Crippen molar-refractivity contribution in [2.75, 3.05) is 5.32 Å². The van der Waals surface area contributed by atoms with Crippen molar-refractivity contribution in [1.29, 1.82) is 0 Å². The highest BCUT2D eigenvalue weighted by Gasteiger charge is 2.20. The second-order valence-electron chi connectivity index (χ2n) is 5.67. The summed E-state index contributed by atoms with van der Waals surface area (Å²) in [5.41, 5.74) is 1.77. The van der Waals surface area contributed by atoms with Gasteiger partial charge in [0.05, 0.1) is 6.10 Å². The Balaban J connectivity index is 1.61. The van der Waals surface area contributed by atoms with Crippen LogP contribution in [0.5, 0.6) is 0 Å². The maximum Gasteiger partial charge on any atom is 0.186 e. The Morgan fingerprint density at radius 1 is 1.14 bits per heavy atom. The summed E-state index contributed by atoms with van der Waals surface area (Å²) < 4.78 is 1.78. The predicted octanol–water partition coefficient (Wildman–Crippen LogP) is 2.57. The molecule has 0 amide bonds. The number of nitrogens with zero attached hydrogens (tertiary/aromatic N) is 4. The van der Waals surface area contributed by atoms with E-state index in [1.54, 1.807) is 15.9 Å². The molecule has 7 heteroatoms. The number of anilines is 1. The zero-order valence-corrected chi connectivity index (χ0v) is 12.8. The Kier molecular flexibility index (Phi) is 3.51. The smallest absolute Gasteiger partial charge is 0.186 e. The van der Waals surface area contributed by atoms with Gasteiger partial charge in [0, 0.05) is 17.0 Å². The van der Waals surface area contributed by atoms with E-state index >= 15 is 0 Å². The van der Waals surface area contributed by atoms with Crippen molar-refractivity contribution in [2.45, 2.75) is 37.8 Å². The van der Waals surface area contributed by atoms with Gasteiger partial charge in [-0.3, -0.25) is 0 Å². The van der Waals surface area contributed by atoms with Crippen molar-refractivity contribution in [1.82, 2.24) is 19.8 Å². The van der Waals surface area contributed by atoms with Crippen LogP contribution in [-0.4, -0.2) is 37.1 Å². The lowest BCUT2D eigenvalue weighted by Gasteiger charge is -2.26. The number of thiophene rings is 1. The lowest BCUT2D eigenvalue weighted by Crippen LogP contribution is -2.28. The molecule has 3 heterocycles. The van der Waals surface area contributed by atoms with E-state index in [2.05, 4.69) is 20.6 Å². The van der Waals surface area contributed by atoms with Gasteiger partial charge in [-0.15, -0.1) is 15.3 Å². The number of fused-ring (bicyclic) bond motifs is 1. The molecule has 0 saturated heterocycles. The van der Waals surface area contributed by atoms with Crippen LogP contribution in [0.15, 0.2) is 29.0 Å². The summed E-state index contributed by atoms with van der Waals surface area (Å²) in [4.78, 5) is 0. The normalized spacial score (nSPS) is 22.0. The van der Waals surface area contributed by atoms with Crippen molar-refractivity contribution in [3.8, 4) is 11.4 Å². The zero-order chi connectivity index (χ0) is 14.9. The fourth-order valence-electron chi connectivity index (χ4n) is 2.87. The predicted molar refractivity (Wildman–Crippen MR) is 86.0 cm³/mol. The van der Waals surface area contributed by atoms with E-state index in [4.69, 9.17) is 0 Å². The summed E-state index contributed by atoms with van der Waals surface area (Å²) in [5, 5.41) is 30.1. The van der Waals surface area contributed by atoms with E-state index in [1.807, 2.05) is 29.0 Å². The molecule has 6 nitrogen and oxygen atoms in total. The first-order valence-electron chi connectivity index (χ1n) is 7.49. The summed E-state index contributed by atoms with van der Waals surface area (Å²) >= 11 is 1.63. The minimum atomic E-state index is -0.142. The van der Waals surface area contributed by atoms with Gasteiger partial charge in [0.2, 0.25) is 0 Å². The molecule has 3 aromatic rings. The van der Waals surface area contributed by atoms with Crippen LogP contribution in [-0.2, 0) is 0 Å². The maximum absolute atomic E-state index is 9.59. The van der Waals surface area contributed by atoms with E-state index in [0.717, 1.165) is 48.5 Å². The average molecular weight is 315 g/mol. The third kappa shape index (κ3) is 2.57. The second-order valence-corrected chi connectivity index (χ2v) is 6.45. The molecular formula is C15H17N5OS. The second kappa shape index (κ2) is 5.66. The molecule has 3 aromatic heterocycles. The molecule has 0 unspecified atom stereocenters. The molecule has 22 heavy (non-hydrogen) atoms. The minimum Gasteiger partial charge on any atom is -0.393 e. The summed E-state index contributed by atoms with van der Waals surface area (Å²) in [7, 11) is 0. The van der Waals surface area contributed by atoms with E-state index in [9.17, 15) is 5.11 Å². The summed E-state index contributed by atoms with van der Waals surface area (Å²) in [6, 6.07) is 6.25. The largest absolute Gasteiger partial charge is 0.393 e.